The van der Waals surface area contributed by atoms with Crippen molar-refractivity contribution >= 4 is 15.9 Å². The van der Waals surface area contributed by atoms with E-state index in [0.29, 0.717) is 6.42 Å². The van der Waals surface area contributed by atoms with Crippen molar-refractivity contribution in [3.63, 3.8) is 0 Å². The van der Waals surface area contributed by atoms with Crippen LogP contribution in [0, 0.1) is 5.92 Å². The predicted molar refractivity (Wildman–Crippen MR) is 84.0 cm³/mol. The highest BCUT2D eigenvalue weighted by Crippen LogP contribution is 2.25. The maximum atomic E-state index is 12.1. The molecule has 0 saturated heterocycles. The second-order valence-electron chi connectivity index (χ2n) is 6.83. The Balaban J connectivity index is 1.86. The summed E-state index contributed by atoms with van der Waals surface area (Å²) in [5, 5.41) is 5.49. The van der Waals surface area contributed by atoms with Gasteiger partial charge in [-0.3, -0.25) is 0 Å². The molecule has 0 radical (unpaired) electrons. The molecule has 0 unspecified atom stereocenters. The maximum absolute atomic E-state index is 12.1. The van der Waals surface area contributed by atoms with Gasteiger partial charge < -0.3 is 10.6 Å². The highest BCUT2D eigenvalue weighted by Gasteiger charge is 2.34. The van der Waals surface area contributed by atoms with Crippen LogP contribution in [0.4, 0.5) is 4.79 Å². The van der Waals surface area contributed by atoms with Crippen LogP contribution in [0.15, 0.2) is 0 Å². The minimum atomic E-state index is -3.10. The van der Waals surface area contributed by atoms with E-state index in [4.69, 9.17) is 0 Å². The van der Waals surface area contributed by atoms with Crippen molar-refractivity contribution in [2.45, 2.75) is 75.6 Å². The molecule has 5 nitrogen and oxygen atoms in total. The van der Waals surface area contributed by atoms with E-state index in [1.54, 1.807) is 0 Å². The van der Waals surface area contributed by atoms with Crippen molar-refractivity contribution < 1.29 is 13.2 Å². The Kier molecular flexibility index (Phi) is 5.52. The summed E-state index contributed by atoms with van der Waals surface area (Å²) in [5.74, 6) is 0.749. The molecular weight excluding hydrogens is 288 g/mol. The molecule has 2 fully saturated rings. The molecule has 2 aliphatic carbocycles. The molecule has 0 spiro atoms. The second-order valence-corrected chi connectivity index (χ2v) is 9.10. The smallest absolute Gasteiger partial charge is 0.315 e. The quantitative estimate of drug-likeness (QED) is 0.838. The normalized spacial score (nSPS) is 34.2. The maximum Gasteiger partial charge on any atom is 0.315 e. The van der Waals surface area contributed by atoms with Crippen LogP contribution < -0.4 is 10.6 Å². The van der Waals surface area contributed by atoms with E-state index in [1.807, 2.05) is 0 Å². The zero-order valence-corrected chi connectivity index (χ0v) is 13.9. The van der Waals surface area contributed by atoms with E-state index >= 15 is 0 Å². The molecule has 0 aromatic carbocycles. The number of hydrogen-bond donors (Lipinski definition) is 2. The predicted octanol–water partition coefficient (Wildman–Crippen LogP) is 2.22. The summed E-state index contributed by atoms with van der Waals surface area (Å²) in [6.45, 7) is 2.25. The molecule has 2 amide bonds. The Labute approximate surface area is 128 Å². The van der Waals surface area contributed by atoms with Crippen LogP contribution >= 0.6 is 0 Å². The van der Waals surface area contributed by atoms with Gasteiger partial charge in [0, 0.05) is 18.3 Å². The van der Waals surface area contributed by atoms with Gasteiger partial charge in [-0.05, 0) is 44.4 Å². The van der Waals surface area contributed by atoms with E-state index in [0.717, 1.165) is 50.9 Å². The lowest BCUT2D eigenvalue weighted by Crippen LogP contribution is -2.53. The average Bonchev–Trinajstić information content (AvgIpc) is 2.41. The molecule has 21 heavy (non-hydrogen) atoms. The fraction of sp³-hybridized carbons (Fsp3) is 0.933. The molecule has 122 valence electrons. The van der Waals surface area contributed by atoms with Gasteiger partial charge in [-0.15, -0.1) is 0 Å². The first kappa shape index (κ1) is 16.6. The summed E-state index contributed by atoms with van der Waals surface area (Å²) in [5.41, 5.74) is 0. The molecular formula is C15H28N2O3S. The van der Waals surface area contributed by atoms with Crippen LogP contribution in [0.1, 0.15) is 58.3 Å². The Morgan fingerprint density at radius 1 is 0.952 bits per heavy atom. The Morgan fingerprint density at radius 3 is 2.19 bits per heavy atom. The Hall–Kier alpha value is -0.780. The minimum absolute atomic E-state index is 0.199. The minimum Gasteiger partial charge on any atom is -0.335 e. The number of rotatable bonds is 3. The Morgan fingerprint density at radius 2 is 1.57 bits per heavy atom. The highest BCUT2D eigenvalue weighted by molar-refractivity contribution is 7.91. The van der Waals surface area contributed by atoms with Gasteiger partial charge in [0.25, 0.3) is 0 Å². The summed E-state index contributed by atoms with van der Waals surface area (Å²) >= 11 is 0. The molecule has 0 aromatic heterocycles. The fourth-order valence-electron chi connectivity index (χ4n) is 3.57. The first-order valence-electron chi connectivity index (χ1n) is 8.12. The molecule has 2 aliphatic rings. The summed E-state index contributed by atoms with van der Waals surface area (Å²) in [6, 6.07) is -0.201. The third-order valence-electron chi connectivity index (χ3n) is 4.92. The fourth-order valence-corrected chi connectivity index (χ4v) is 4.97. The lowest BCUT2D eigenvalue weighted by atomic mass is 9.87. The van der Waals surface area contributed by atoms with Crippen LogP contribution in [-0.4, -0.2) is 38.0 Å². The van der Waals surface area contributed by atoms with Crippen molar-refractivity contribution in [2.24, 2.45) is 5.92 Å². The van der Waals surface area contributed by atoms with Crippen molar-refractivity contribution in [1.82, 2.24) is 10.6 Å². The number of amides is 2. The number of sulfone groups is 1. The molecule has 2 rings (SSSR count). The van der Waals surface area contributed by atoms with Crippen LogP contribution in [-0.2, 0) is 9.84 Å². The van der Waals surface area contributed by atoms with Crippen molar-refractivity contribution in [3.8, 4) is 0 Å². The van der Waals surface area contributed by atoms with Crippen molar-refractivity contribution in [2.75, 3.05) is 6.26 Å². The standard InChI is InChI=1S/C15H28N2O3S/c1-11-7-9-12(10-8-11)16-15(18)17-13-5-3-4-6-14(13)21(2,19)20/h11-14H,3-10H2,1-2H3,(H2,16,17,18)/t11?,12?,13-,14-/m1/s1. The molecule has 0 aromatic rings. The number of hydrogen-bond acceptors (Lipinski definition) is 3. The van der Waals surface area contributed by atoms with Gasteiger partial charge in [-0.1, -0.05) is 19.8 Å². The largest absolute Gasteiger partial charge is 0.335 e. The lowest BCUT2D eigenvalue weighted by molar-refractivity contribution is 0.221. The SMILES string of the molecule is CC1CCC(NC(=O)N[C@@H]2CCCC[C@H]2S(C)(=O)=O)CC1. The number of carbonyl (C=O) groups is 1. The molecule has 0 heterocycles. The van der Waals surface area contributed by atoms with Gasteiger partial charge in [0.05, 0.1) is 5.25 Å². The van der Waals surface area contributed by atoms with Gasteiger partial charge in [-0.25, -0.2) is 13.2 Å². The summed E-state index contributed by atoms with van der Waals surface area (Å²) in [7, 11) is -3.10. The first-order chi connectivity index (χ1) is 9.86. The van der Waals surface area contributed by atoms with Crippen LogP contribution in [0.2, 0.25) is 0 Å². The first-order valence-corrected chi connectivity index (χ1v) is 10.1. The summed E-state index contributed by atoms with van der Waals surface area (Å²) in [6.07, 6.45) is 8.95. The van der Waals surface area contributed by atoms with Gasteiger partial charge in [-0.2, -0.15) is 0 Å². The lowest BCUT2D eigenvalue weighted by Gasteiger charge is -2.32. The molecule has 2 saturated carbocycles. The number of urea groups is 1. The zero-order valence-electron chi connectivity index (χ0n) is 13.1. The third kappa shape index (κ3) is 4.87. The van der Waals surface area contributed by atoms with Crippen LogP contribution in [0.25, 0.3) is 0 Å². The van der Waals surface area contributed by atoms with E-state index < -0.39 is 15.1 Å². The second kappa shape index (κ2) is 6.99. The molecule has 2 atom stereocenters. The topological polar surface area (TPSA) is 75.3 Å². The van der Waals surface area contributed by atoms with E-state index in [9.17, 15) is 13.2 Å². The zero-order chi connectivity index (χ0) is 15.5. The summed E-state index contributed by atoms with van der Waals surface area (Å²) in [4.78, 5) is 12.1. The van der Waals surface area contributed by atoms with Gasteiger partial charge in [0.2, 0.25) is 0 Å². The summed E-state index contributed by atoms with van der Waals surface area (Å²) < 4.78 is 23.7. The van der Waals surface area contributed by atoms with Crippen LogP contribution in [0.5, 0.6) is 0 Å². The van der Waals surface area contributed by atoms with Crippen LogP contribution in [0.3, 0.4) is 0 Å². The average molecular weight is 316 g/mol. The Bertz CT molecular complexity index is 456. The highest BCUT2D eigenvalue weighted by atomic mass is 32.2. The van der Waals surface area contributed by atoms with E-state index in [1.165, 1.54) is 6.26 Å². The number of carbonyl (C=O) groups excluding carboxylic acids is 1. The van der Waals surface area contributed by atoms with Crippen molar-refractivity contribution in [1.29, 1.82) is 0 Å². The van der Waals surface area contributed by atoms with E-state index in [2.05, 4.69) is 17.6 Å². The third-order valence-corrected chi connectivity index (χ3v) is 6.58. The molecule has 0 bridgehead atoms. The van der Waals surface area contributed by atoms with Gasteiger partial charge in [0.1, 0.15) is 0 Å². The van der Waals surface area contributed by atoms with Crippen molar-refractivity contribution in [3.05, 3.63) is 0 Å². The number of nitrogens with one attached hydrogen (secondary N) is 2. The van der Waals surface area contributed by atoms with Gasteiger partial charge in [0.15, 0.2) is 9.84 Å². The monoisotopic (exact) mass is 316 g/mol. The van der Waals surface area contributed by atoms with E-state index in [-0.39, 0.29) is 18.1 Å². The molecule has 6 heteroatoms. The molecule has 2 N–H and O–H groups in total. The van der Waals surface area contributed by atoms with Gasteiger partial charge >= 0.3 is 6.03 Å². The molecule has 0 aliphatic heterocycles.